The summed E-state index contributed by atoms with van der Waals surface area (Å²) in [6, 6.07) is 0. The molecule has 0 fully saturated rings. The second-order valence-corrected chi connectivity index (χ2v) is 1.50. The molecule has 0 aliphatic heterocycles. The van der Waals surface area contributed by atoms with Gasteiger partial charge in [0.25, 0.3) is 0 Å². The molecule has 0 amide bonds. The van der Waals surface area contributed by atoms with E-state index in [-0.39, 0.29) is 77.1 Å². The molecular formula is C7H19OU2-. The van der Waals surface area contributed by atoms with Crippen LogP contribution in [0.15, 0.2) is 0 Å². The van der Waals surface area contributed by atoms with Gasteiger partial charge in [0.1, 0.15) is 0 Å². The Morgan fingerprint density at radius 1 is 0.900 bits per heavy atom. The molecule has 0 aromatic heterocycles. The number of hydrogen-bond donors (Lipinski definition) is 1. The summed E-state index contributed by atoms with van der Waals surface area (Å²) in [5.41, 5.74) is 0. The largest absolute Gasteiger partial charge is 2.00 e. The maximum absolute atomic E-state index is 7.00. The molecule has 0 bridgehead atoms. The second kappa shape index (κ2) is 43.7. The van der Waals surface area contributed by atoms with Gasteiger partial charge in [-0.25, -0.2) is 0 Å². The first-order valence-corrected chi connectivity index (χ1v) is 1.95. The number of hydrogen-bond acceptors (Lipinski definition) is 1. The zero-order valence-electron chi connectivity index (χ0n) is 7.95. The van der Waals surface area contributed by atoms with Crippen LogP contribution in [-0.4, -0.2) is 12.2 Å². The molecule has 1 N–H and O–H groups in total. The Balaban J connectivity index is -0.00000000625. The molecule has 3 heteroatoms. The molecular weight excluding hydrogens is 576 g/mol. The van der Waals surface area contributed by atoms with E-state index >= 15 is 0 Å². The molecule has 0 saturated carbocycles. The number of aliphatic hydroxyl groups is 1. The van der Waals surface area contributed by atoms with Crippen LogP contribution in [0.1, 0.15) is 20.8 Å². The van der Waals surface area contributed by atoms with E-state index in [0.29, 0.717) is 0 Å². The first-order chi connectivity index (χ1) is 2.73. The average molecular weight is 595 g/mol. The van der Waals surface area contributed by atoms with Crippen molar-refractivity contribution in [3.63, 3.8) is 0 Å². The fourth-order valence-electron chi connectivity index (χ4n) is 0. The van der Waals surface area contributed by atoms with Crippen molar-refractivity contribution in [1.29, 1.82) is 0 Å². The van der Waals surface area contributed by atoms with Crippen LogP contribution < -0.4 is 0 Å². The van der Waals surface area contributed by atoms with Crippen molar-refractivity contribution in [1.82, 2.24) is 0 Å². The third kappa shape index (κ3) is 194. The molecule has 0 saturated heterocycles. The van der Waals surface area contributed by atoms with Crippen LogP contribution in [0.2, 0.25) is 0 Å². The van der Waals surface area contributed by atoms with Gasteiger partial charge in [0.05, 0.1) is 0 Å². The van der Waals surface area contributed by atoms with Crippen molar-refractivity contribution in [2.24, 2.45) is 0 Å². The topological polar surface area (TPSA) is 20.2 Å². The summed E-state index contributed by atoms with van der Waals surface area (Å²) in [6.45, 7) is 6.25. The summed E-state index contributed by atoms with van der Waals surface area (Å²) in [7, 11) is 1.00. The van der Waals surface area contributed by atoms with E-state index in [4.69, 9.17) is 5.11 Å². The molecule has 0 atom stereocenters. The predicted molar refractivity (Wildman–Crippen MR) is 41.2 cm³/mol. The standard InChI is InChI=1S/C4H9.CH4O.2CH3.2U/c1-4(2)3;1-2;;;;/h1-3H3;2H,1H3;2*1H3;;/q-1;;2*-1;;+2. The van der Waals surface area contributed by atoms with E-state index < -0.39 is 0 Å². The van der Waals surface area contributed by atoms with Gasteiger partial charge in [0.2, 0.25) is 0 Å². The summed E-state index contributed by atoms with van der Waals surface area (Å²) in [6.07, 6.45) is 0. The minimum Gasteiger partial charge on any atom is -0.400 e. The van der Waals surface area contributed by atoms with Crippen LogP contribution in [0.3, 0.4) is 0 Å². The SMILES string of the molecule is CO.C[C-](C)C.[CH3-].[CH3-].[U+2].[U]. The molecule has 0 unspecified atom stereocenters. The van der Waals surface area contributed by atoms with E-state index in [1.807, 2.05) is 0 Å². The molecule has 0 spiro atoms. The zero-order valence-corrected chi connectivity index (χ0v) is 16.3. The Hall–Kier alpha value is 2.06. The Kier molecular flexibility index (Phi) is 175. The first kappa shape index (κ1) is 40.2. The van der Waals surface area contributed by atoms with Crippen molar-refractivity contribution in [2.75, 3.05) is 7.11 Å². The van der Waals surface area contributed by atoms with Gasteiger partial charge in [-0.1, -0.05) is 0 Å². The van der Waals surface area contributed by atoms with Crippen LogP contribution in [0, 0.1) is 83.0 Å². The molecule has 0 aromatic carbocycles. The molecule has 10 heavy (non-hydrogen) atoms. The van der Waals surface area contributed by atoms with Gasteiger partial charge in [0, 0.05) is 38.2 Å². The molecule has 0 heterocycles. The Morgan fingerprint density at radius 3 is 0.900 bits per heavy atom. The molecule has 0 aromatic rings. The Morgan fingerprint density at radius 2 is 0.900 bits per heavy atom. The van der Waals surface area contributed by atoms with Crippen molar-refractivity contribution in [3.05, 3.63) is 20.8 Å². The molecule has 62 valence electrons. The second-order valence-electron chi connectivity index (χ2n) is 1.50. The van der Waals surface area contributed by atoms with Gasteiger partial charge >= 0.3 is 31.1 Å². The third-order valence-electron chi connectivity index (χ3n) is 0. The van der Waals surface area contributed by atoms with Gasteiger partial charge < -0.3 is 25.9 Å². The van der Waals surface area contributed by atoms with Crippen LogP contribution in [-0.2, 0) is 0 Å². The van der Waals surface area contributed by atoms with Gasteiger partial charge in [-0.3, -0.25) is 0 Å². The van der Waals surface area contributed by atoms with Crippen molar-refractivity contribution in [3.8, 4) is 0 Å². The van der Waals surface area contributed by atoms with Crippen LogP contribution in [0.25, 0.3) is 0 Å². The summed E-state index contributed by atoms with van der Waals surface area (Å²) < 4.78 is 0. The van der Waals surface area contributed by atoms with Crippen LogP contribution in [0.5, 0.6) is 0 Å². The van der Waals surface area contributed by atoms with Crippen LogP contribution >= 0.6 is 0 Å². The summed E-state index contributed by atoms with van der Waals surface area (Å²) >= 11 is 0. The Bertz CT molecular complexity index is 16.3. The molecule has 1 nitrogen and oxygen atoms in total. The fourth-order valence-corrected chi connectivity index (χ4v) is 0. The minimum absolute atomic E-state index is 0. The smallest absolute Gasteiger partial charge is 0.400 e. The Labute approximate surface area is 115 Å². The molecule has 0 radical (unpaired) electrons. The fraction of sp³-hybridized carbons (Fsp3) is 0.571. The van der Waals surface area contributed by atoms with Crippen molar-refractivity contribution in [2.45, 2.75) is 20.8 Å². The van der Waals surface area contributed by atoms with E-state index in [1.165, 1.54) is 5.92 Å². The quantitative estimate of drug-likeness (QED) is 0.426. The maximum atomic E-state index is 7.00. The third-order valence-corrected chi connectivity index (χ3v) is 0. The van der Waals surface area contributed by atoms with E-state index in [0.717, 1.165) is 7.11 Å². The maximum Gasteiger partial charge on any atom is 2.00 e. The van der Waals surface area contributed by atoms with Crippen molar-refractivity contribution < 1.29 is 67.3 Å². The van der Waals surface area contributed by atoms with E-state index in [1.54, 1.807) is 0 Å². The summed E-state index contributed by atoms with van der Waals surface area (Å²) in [4.78, 5) is 0. The van der Waals surface area contributed by atoms with Gasteiger partial charge in [-0.2, -0.15) is 20.8 Å². The average Bonchev–Trinajstić information content (AvgIpc) is 1.41. The number of aliphatic hydroxyl groups excluding tert-OH is 1. The van der Waals surface area contributed by atoms with Gasteiger partial charge in [0.15, 0.2) is 0 Å². The minimum atomic E-state index is 0. The summed E-state index contributed by atoms with van der Waals surface area (Å²) in [5, 5.41) is 7.00. The summed E-state index contributed by atoms with van der Waals surface area (Å²) in [5.74, 6) is 1.42. The van der Waals surface area contributed by atoms with Crippen LogP contribution in [0.4, 0.5) is 0 Å². The number of rotatable bonds is 0. The predicted octanol–water partition coefficient (Wildman–Crippen LogP) is 2.13. The van der Waals surface area contributed by atoms with E-state index in [2.05, 4.69) is 20.8 Å². The van der Waals surface area contributed by atoms with Gasteiger partial charge in [-0.15, -0.1) is 0 Å². The first-order valence-electron chi connectivity index (χ1n) is 1.95. The molecule has 0 aliphatic carbocycles. The zero-order chi connectivity index (χ0) is 5.58. The van der Waals surface area contributed by atoms with E-state index in [9.17, 15) is 0 Å². The molecule has 0 rings (SSSR count). The van der Waals surface area contributed by atoms with Crippen molar-refractivity contribution >= 4 is 0 Å². The van der Waals surface area contributed by atoms with Gasteiger partial charge in [-0.05, 0) is 0 Å². The normalized spacial score (nSPS) is 4.20. The molecule has 0 aliphatic rings. The monoisotopic (exact) mass is 595 g/mol.